The molecule has 174 valence electrons. The summed E-state index contributed by atoms with van der Waals surface area (Å²) in [6.07, 6.45) is 4.59. The third kappa shape index (κ3) is 4.87. The van der Waals surface area contributed by atoms with Crippen LogP contribution in [0.15, 0.2) is 73.4 Å². The summed E-state index contributed by atoms with van der Waals surface area (Å²) in [5, 5.41) is 28.1. The lowest BCUT2D eigenvalue weighted by Crippen LogP contribution is -2.16. The van der Waals surface area contributed by atoms with Crippen LogP contribution >= 0.6 is 0 Å². The van der Waals surface area contributed by atoms with E-state index in [0.717, 1.165) is 17.1 Å². The number of benzene rings is 2. The van der Waals surface area contributed by atoms with Crippen LogP contribution in [0.3, 0.4) is 0 Å². The largest absolute Gasteiger partial charge is 0.492 e. The molecule has 0 saturated heterocycles. The van der Waals surface area contributed by atoms with E-state index < -0.39 is 0 Å². The molecule has 11 nitrogen and oxygen atoms in total. The fourth-order valence-corrected chi connectivity index (χ4v) is 3.51. The number of fused-ring (bicyclic) bond motifs is 1. The highest BCUT2D eigenvalue weighted by Gasteiger charge is 2.13. The summed E-state index contributed by atoms with van der Waals surface area (Å²) in [5.41, 5.74) is 3.97. The van der Waals surface area contributed by atoms with Crippen molar-refractivity contribution in [2.75, 3.05) is 30.8 Å². The summed E-state index contributed by atoms with van der Waals surface area (Å²) in [4.78, 5) is 8.42. The van der Waals surface area contributed by atoms with Crippen molar-refractivity contribution in [3.8, 4) is 17.5 Å². The van der Waals surface area contributed by atoms with Crippen LogP contribution in [0.4, 0.5) is 22.9 Å². The molecule has 0 unspecified atom stereocenters. The van der Waals surface area contributed by atoms with Gasteiger partial charge in [0, 0.05) is 36.1 Å². The van der Waals surface area contributed by atoms with Gasteiger partial charge in [0.25, 0.3) is 0 Å². The first-order chi connectivity index (χ1) is 17.2. The first-order valence-corrected chi connectivity index (χ1v) is 10.9. The maximum atomic E-state index is 9.54. The third-order valence-corrected chi connectivity index (χ3v) is 5.10. The number of nitrogens with zero attached hydrogens (tertiary/aromatic N) is 7. The number of aromatic nitrogens is 6. The van der Waals surface area contributed by atoms with Crippen molar-refractivity contribution in [3.63, 3.8) is 0 Å². The van der Waals surface area contributed by atoms with Gasteiger partial charge in [-0.2, -0.15) is 14.9 Å². The van der Waals surface area contributed by atoms with Crippen LogP contribution in [-0.4, -0.2) is 49.6 Å². The van der Waals surface area contributed by atoms with E-state index >= 15 is 0 Å². The molecule has 3 aromatic heterocycles. The van der Waals surface area contributed by atoms with Crippen LogP contribution in [0, 0.1) is 11.3 Å². The van der Waals surface area contributed by atoms with Gasteiger partial charge in [0.05, 0.1) is 17.6 Å². The summed E-state index contributed by atoms with van der Waals surface area (Å²) >= 11 is 0. The second-order valence-corrected chi connectivity index (χ2v) is 7.56. The van der Waals surface area contributed by atoms with Crippen LogP contribution in [0.25, 0.3) is 11.3 Å². The van der Waals surface area contributed by atoms with Gasteiger partial charge in [0.2, 0.25) is 0 Å². The molecule has 11 heteroatoms. The number of nitriles is 1. The predicted octanol–water partition coefficient (Wildman–Crippen LogP) is 3.27. The minimum atomic E-state index is 0.326. The van der Waals surface area contributed by atoms with E-state index in [2.05, 4.69) is 42.2 Å². The molecule has 2 aromatic carbocycles. The molecular formula is C24H22N10O. The van der Waals surface area contributed by atoms with Crippen molar-refractivity contribution in [1.82, 2.24) is 34.7 Å². The van der Waals surface area contributed by atoms with Gasteiger partial charge >= 0.3 is 0 Å². The highest BCUT2D eigenvalue weighted by Crippen LogP contribution is 2.29. The number of nitrogens with one attached hydrogen (secondary N) is 3. The molecule has 0 aliphatic heterocycles. The van der Waals surface area contributed by atoms with E-state index in [4.69, 9.17) is 4.74 Å². The second-order valence-electron chi connectivity index (χ2n) is 7.56. The number of hydrogen-bond acceptors (Lipinski definition) is 9. The van der Waals surface area contributed by atoms with Crippen LogP contribution in [-0.2, 0) is 0 Å². The number of hydrogen-bond donors (Lipinski definition) is 3. The Kier molecular flexibility index (Phi) is 6.19. The summed E-state index contributed by atoms with van der Waals surface area (Å²) in [7, 11) is 1.87. The Morgan fingerprint density at radius 3 is 2.71 bits per heavy atom. The quantitative estimate of drug-likeness (QED) is 0.280. The van der Waals surface area contributed by atoms with Gasteiger partial charge in [0.1, 0.15) is 31.1 Å². The van der Waals surface area contributed by atoms with Gasteiger partial charge in [-0.25, -0.2) is 14.6 Å². The van der Waals surface area contributed by atoms with Gasteiger partial charge in [0.15, 0.2) is 17.2 Å². The zero-order chi connectivity index (χ0) is 24.0. The molecule has 0 amide bonds. The van der Waals surface area contributed by atoms with Gasteiger partial charge in [-0.05, 0) is 25.2 Å². The van der Waals surface area contributed by atoms with Gasteiger partial charge in [-0.1, -0.05) is 18.2 Å². The van der Waals surface area contributed by atoms with Crippen molar-refractivity contribution in [2.45, 2.75) is 0 Å². The highest BCUT2D eigenvalue weighted by molar-refractivity contribution is 5.77. The predicted molar refractivity (Wildman–Crippen MR) is 131 cm³/mol. The van der Waals surface area contributed by atoms with Gasteiger partial charge in [-0.15, -0.1) is 5.10 Å². The molecule has 0 aliphatic carbocycles. The maximum absolute atomic E-state index is 9.54. The topological polar surface area (TPSA) is 130 Å². The maximum Gasteiger partial charge on any atom is 0.178 e. The minimum Gasteiger partial charge on any atom is -0.492 e. The van der Waals surface area contributed by atoms with E-state index in [1.807, 2.05) is 61.6 Å². The zero-order valence-corrected chi connectivity index (χ0v) is 18.9. The number of anilines is 4. The first-order valence-electron chi connectivity index (χ1n) is 10.9. The lowest BCUT2D eigenvalue weighted by molar-refractivity contribution is 0.318. The molecule has 0 saturated carbocycles. The van der Waals surface area contributed by atoms with Crippen molar-refractivity contribution in [1.29, 1.82) is 5.26 Å². The minimum absolute atomic E-state index is 0.326. The molecule has 5 aromatic rings. The fourth-order valence-electron chi connectivity index (χ4n) is 3.51. The normalized spacial score (nSPS) is 10.7. The summed E-state index contributed by atoms with van der Waals surface area (Å²) < 4.78 is 9.07. The van der Waals surface area contributed by atoms with Crippen LogP contribution in [0.5, 0.6) is 5.75 Å². The third-order valence-electron chi connectivity index (χ3n) is 5.10. The molecule has 0 bridgehead atoms. The van der Waals surface area contributed by atoms with Crippen molar-refractivity contribution in [3.05, 3.63) is 79.1 Å². The standard InChI is InChI=1S/C24H22N10O/c1-26-7-8-35-21-10-18(9-19(11-21)33-16-27-15-29-33)31-23-12-22(30-17-5-3-2-4-6-17)24-28-14-20(13-25)34(24)32-23/h2-6,9-12,14-16,26,30H,7-8H2,1H3,(H,31,32). The molecule has 35 heavy (non-hydrogen) atoms. The van der Waals surface area contributed by atoms with Crippen LogP contribution in [0.1, 0.15) is 5.69 Å². The van der Waals surface area contributed by atoms with Crippen molar-refractivity contribution in [2.24, 2.45) is 0 Å². The van der Waals surface area contributed by atoms with E-state index in [9.17, 15) is 5.26 Å². The van der Waals surface area contributed by atoms with Crippen LogP contribution < -0.4 is 20.7 Å². The summed E-state index contributed by atoms with van der Waals surface area (Å²) in [6.45, 7) is 1.22. The number of para-hydroxylation sites is 1. The lowest BCUT2D eigenvalue weighted by Gasteiger charge is -2.14. The zero-order valence-electron chi connectivity index (χ0n) is 18.9. The average Bonchev–Trinajstić information content (AvgIpc) is 3.55. The Labute approximate surface area is 201 Å². The van der Waals surface area contributed by atoms with E-state index in [1.165, 1.54) is 17.0 Å². The summed E-state index contributed by atoms with van der Waals surface area (Å²) in [6, 6.07) is 19.4. The number of ether oxygens (including phenoxy) is 1. The Morgan fingerprint density at radius 2 is 1.94 bits per heavy atom. The van der Waals surface area contributed by atoms with E-state index in [-0.39, 0.29) is 0 Å². The monoisotopic (exact) mass is 466 g/mol. The second kappa shape index (κ2) is 9.90. The summed E-state index contributed by atoms with van der Waals surface area (Å²) in [5.74, 6) is 1.18. The molecule has 3 N–H and O–H groups in total. The molecule has 3 heterocycles. The molecule has 5 rings (SSSR count). The molecule has 0 spiro atoms. The first kappa shape index (κ1) is 21.9. The van der Waals surface area contributed by atoms with Crippen molar-refractivity contribution >= 4 is 28.5 Å². The SMILES string of the molecule is CNCCOc1cc(Nc2cc(Nc3ccccc3)c3ncc(C#N)n3n2)cc(-n2cncn2)c1. The van der Waals surface area contributed by atoms with Crippen LogP contribution in [0.2, 0.25) is 0 Å². The Hall–Kier alpha value is -4.95. The Bertz CT molecular complexity index is 1470. The smallest absolute Gasteiger partial charge is 0.178 e. The Morgan fingerprint density at radius 1 is 1.06 bits per heavy atom. The molecule has 0 radical (unpaired) electrons. The molecule has 0 fully saturated rings. The van der Waals surface area contributed by atoms with Gasteiger partial charge in [-0.3, -0.25) is 0 Å². The highest BCUT2D eigenvalue weighted by atomic mass is 16.5. The molecule has 0 aliphatic rings. The molecular weight excluding hydrogens is 444 g/mol. The van der Waals surface area contributed by atoms with E-state index in [0.29, 0.717) is 41.7 Å². The lowest BCUT2D eigenvalue weighted by atomic mass is 10.2. The molecule has 0 atom stereocenters. The Balaban J connectivity index is 1.53. The number of rotatable bonds is 9. The van der Waals surface area contributed by atoms with Crippen molar-refractivity contribution < 1.29 is 4.74 Å². The average molecular weight is 467 g/mol. The number of likely N-dealkylation sites (N-methyl/N-ethyl adjacent to an activating group) is 1. The van der Waals surface area contributed by atoms with E-state index in [1.54, 1.807) is 11.0 Å². The fraction of sp³-hybridized carbons (Fsp3) is 0.125. The van der Waals surface area contributed by atoms with Gasteiger partial charge < -0.3 is 20.7 Å². The number of imidazole rings is 1.